The molecule has 0 heterocycles. The van der Waals surface area contributed by atoms with Gasteiger partial charge in [0.15, 0.2) is 6.10 Å². The minimum atomic E-state index is -1.18. The smallest absolute Gasteiger partial charge is 0.342 e. The standard InChI is InChI=1S/C5H10O3.C4H8O3/c1-2-3-4-5(6)8-7;1-2-3(5)4(6)7/h7H,2-4H2,1H3;3,5H,2H2,1H3,(H,6,7). The minimum Gasteiger partial charge on any atom is -0.479 e. The molecule has 0 amide bonds. The molecule has 0 spiro atoms. The van der Waals surface area contributed by atoms with Gasteiger partial charge in [-0.3, -0.25) is 0 Å². The summed E-state index contributed by atoms with van der Waals surface area (Å²) in [4.78, 5) is 23.2. The monoisotopic (exact) mass is 222 g/mol. The van der Waals surface area contributed by atoms with Crippen LogP contribution in [-0.4, -0.2) is 33.5 Å². The second-order valence-electron chi connectivity index (χ2n) is 2.83. The van der Waals surface area contributed by atoms with Gasteiger partial charge in [-0.2, -0.15) is 5.26 Å². The van der Waals surface area contributed by atoms with Gasteiger partial charge in [0.2, 0.25) is 0 Å². The summed E-state index contributed by atoms with van der Waals surface area (Å²) >= 11 is 0. The van der Waals surface area contributed by atoms with E-state index in [1.54, 1.807) is 6.92 Å². The zero-order valence-electron chi connectivity index (χ0n) is 8.97. The fourth-order valence-electron chi connectivity index (χ4n) is 0.541. The molecule has 90 valence electrons. The number of carboxylic acids is 1. The maximum Gasteiger partial charge on any atom is 0.342 e. The number of carboxylic acid groups (broad SMARTS) is 1. The van der Waals surface area contributed by atoms with Crippen molar-refractivity contribution in [1.82, 2.24) is 0 Å². The SMILES string of the molecule is CCC(O)C(=O)O.CCCCC(=O)OO. The Morgan fingerprint density at radius 1 is 1.33 bits per heavy atom. The molecule has 0 bridgehead atoms. The van der Waals surface area contributed by atoms with Gasteiger partial charge in [-0.1, -0.05) is 20.3 Å². The third-order valence-electron chi connectivity index (χ3n) is 1.51. The summed E-state index contributed by atoms with van der Waals surface area (Å²) in [7, 11) is 0. The van der Waals surface area contributed by atoms with Gasteiger partial charge in [0.25, 0.3) is 0 Å². The third kappa shape index (κ3) is 12.9. The van der Waals surface area contributed by atoms with Gasteiger partial charge in [0.05, 0.1) is 0 Å². The van der Waals surface area contributed by atoms with E-state index < -0.39 is 18.0 Å². The summed E-state index contributed by atoms with van der Waals surface area (Å²) in [6, 6.07) is 0. The lowest BCUT2D eigenvalue weighted by atomic mass is 10.3. The van der Waals surface area contributed by atoms with Crippen LogP contribution in [0.25, 0.3) is 0 Å². The van der Waals surface area contributed by atoms with Crippen LogP contribution in [-0.2, 0) is 14.5 Å². The highest BCUT2D eigenvalue weighted by molar-refractivity contribution is 5.71. The fourth-order valence-corrected chi connectivity index (χ4v) is 0.541. The maximum atomic E-state index is 10.1. The second kappa shape index (κ2) is 10.9. The topological polar surface area (TPSA) is 104 Å². The molecule has 0 radical (unpaired) electrons. The molecule has 0 aliphatic carbocycles. The first-order chi connectivity index (χ1) is 6.99. The Morgan fingerprint density at radius 2 is 1.87 bits per heavy atom. The molecule has 0 fully saturated rings. The van der Waals surface area contributed by atoms with Gasteiger partial charge in [-0.25, -0.2) is 9.59 Å². The highest BCUT2D eigenvalue weighted by Crippen LogP contribution is 1.93. The number of hydrogen-bond acceptors (Lipinski definition) is 5. The van der Waals surface area contributed by atoms with Crippen LogP contribution in [0.3, 0.4) is 0 Å². The molecule has 0 aromatic rings. The molecular weight excluding hydrogens is 204 g/mol. The minimum absolute atomic E-state index is 0.273. The van der Waals surface area contributed by atoms with Crippen LogP contribution in [0.15, 0.2) is 0 Å². The molecule has 1 atom stereocenters. The van der Waals surface area contributed by atoms with Crippen LogP contribution >= 0.6 is 0 Å². The average molecular weight is 222 g/mol. The fraction of sp³-hybridized carbons (Fsp3) is 0.778. The summed E-state index contributed by atoms with van der Waals surface area (Å²) in [5.74, 6) is -1.70. The number of unbranched alkanes of at least 4 members (excludes halogenated alkanes) is 1. The maximum absolute atomic E-state index is 10.1. The molecule has 6 heteroatoms. The number of aliphatic hydroxyl groups excluding tert-OH is 1. The summed E-state index contributed by atoms with van der Waals surface area (Å²) < 4.78 is 0. The Bertz CT molecular complexity index is 179. The molecule has 0 aromatic carbocycles. The van der Waals surface area contributed by atoms with Crippen LogP contribution in [0.4, 0.5) is 0 Å². The van der Waals surface area contributed by atoms with E-state index in [0.29, 0.717) is 6.42 Å². The molecular formula is C9H18O6. The predicted octanol–water partition coefficient (Wildman–Crippen LogP) is 1.03. The number of aliphatic carboxylic acids is 1. The molecule has 0 aliphatic rings. The highest BCUT2D eigenvalue weighted by Gasteiger charge is 2.07. The van der Waals surface area contributed by atoms with Crippen LogP contribution < -0.4 is 0 Å². The Morgan fingerprint density at radius 3 is 2.07 bits per heavy atom. The molecule has 0 rings (SSSR count). The summed E-state index contributed by atoms with van der Waals surface area (Å²) in [6.07, 6.45) is 1.12. The molecule has 0 aromatic heterocycles. The van der Waals surface area contributed by atoms with Crippen molar-refractivity contribution < 1.29 is 29.9 Å². The average Bonchev–Trinajstić information content (AvgIpc) is 2.25. The van der Waals surface area contributed by atoms with Crippen molar-refractivity contribution in [1.29, 1.82) is 0 Å². The number of rotatable bonds is 5. The van der Waals surface area contributed by atoms with E-state index in [0.717, 1.165) is 12.8 Å². The first-order valence-corrected chi connectivity index (χ1v) is 4.74. The summed E-state index contributed by atoms with van der Waals surface area (Å²) in [5.41, 5.74) is 0. The van der Waals surface area contributed by atoms with E-state index in [2.05, 4.69) is 4.89 Å². The lowest BCUT2D eigenvalue weighted by Crippen LogP contribution is -2.17. The van der Waals surface area contributed by atoms with Crippen LogP contribution in [0, 0.1) is 0 Å². The Hall–Kier alpha value is -1.14. The highest BCUT2D eigenvalue weighted by atomic mass is 17.1. The lowest BCUT2D eigenvalue weighted by molar-refractivity contribution is -0.234. The molecule has 15 heavy (non-hydrogen) atoms. The van der Waals surface area contributed by atoms with Crippen molar-refractivity contribution in [2.75, 3.05) is 0 Å². The van der Waals surface area contributed by atoms with Crippen molar-refractivity contribution in [3.63, 3.8) is 0 Å². The normalized spacial score (nSPS) is 10.9. The van der Waals surface area contributed by atoms with E-state index in [1.165, 1.54) is 0 Å². The molecule has 6 nitrogen and oxygen atoms in total. The lowest BCUT2D eigenvalue weighted by Gasteiger charge is -1.95. The number of hydrogen-bond donors (Lipinski definition) is 3. The van der Waals surface area contributed by atoms with Gasteiger partial charge in [0, 0.05) is 6.42 Å². The van der Waals surface area contributed by atoms with E-state index in [4.69, 9.17) is 15.5 Å². The number of carbonyl (C=O) groups excluding carboxylic acids is 1. The van der Waals surface area contributed by atoms with Crippen molar-refractivity contribution in [2.24, 2.45) is 0 Å². The van der Waals surface area contributed by atoms with E-state index in [-0.39, 0.29) is 6.42 Å². The van der Waals surface area contributed by atoms with Crippen LogP contribution in [0.5, 0.6) is 0 Å². The molecule has 0 saturated carbocycles. The summed E-state index contributed by atoms with van der Waals surface area (Å²) in [6.45, 7) is 3.57. The van der Waals surface area contributed by atoms with Gasteiger partial charge in [-0.05, 0) is 12.8 Å². The zero-order chi connectivity index (χ0) is 12.3. The van der Waals surface area contributed by atoms with Gasteiger partial charge in [0.1, 0.15) is 0 Å². The Balaban J connectivity index is 0. The number of aliphatic hydroxyl groups is 1. The number of carbonyl (C=O) groups is 2. The quantitative estimate of drug-likeness (QED) is 0.474. The van der Waals surface area contributed by atoms with E-state index in [9.17, 15) is 9.59 Å². The largest absolute Gasteiger partial charge is 0.479 e. The molecule has 1 unspecified atom stereocenters. The first kappa shape index (κ1) is 16.3. The van der Waals surface area contributed by atoms with Gasteiger partial charge < -0.3 is 15.1 Å². The Kier molecular flexibility index (Phi) is 11.9. The third-order valence-corrected chi connectivity index (χ3v) is 1.51. The molecule has 0 aliphatic heterocycles. The van der Waals surface area contributed by atoms with Gasteiger partial charge >= 0.3 is 11.9 Å². The summed E-state index contributed by atoms with van der Waals surface area (Å²) in [5, 5.41) is 24.0. The zero-order valence-corrected chi connectivity index (χ0v) is 8.97. The van der Waals surface area contributed by atoms with Crippen molar-refractivity contribution >= 4 is 11.9 Å². The van der Waals surface area contributed by atoms with Gasteiger partial charge in [-0.15, -0.1) is 0 Å². The van der Waals surface area contributed by atoms with Crippen LogP contribution in [0.2, 0.25) is 0 Å². The molecule has 0 saturated heterocycles. The van der Waals surface area contributed by atoms with Crippen molar-refractivity contribution in [3.8, 4) is 0 Å². The first-order valence-electron chi connectivity index (χ1n) is 4.74. The second-order valence-corrected chi connectivity index (χ2v) is 2.83. The predicted molar refractivity (Wildman–Crippen MR) is 52.2 cm³/mol. The van der Waals surface area contributed by atoms with Crippen LogP contribution in [0.1, 0.15) is 39.5 Å². The molecule has 3 N–H and O–H groups in total. The van der Waals surface area contributed by atoms with Crippen molar-refractivity contribution in [2.45, 2.75) is 45.6 Å². The van der Waals surface area contributed by atoms with E-state index in [1.807, 2.05) is 6.92 Å². The van der Waals surface area contributed by atoms with Crippen molar-refractivity contribution in [3.05, 3.63) is 0 Å². The van der Waals surface area contributed by atoms with E-state index >= 15 is 0 Å². The Labute approximate surface area is 88.4 Å².